The SMILES string of the molecule is C[C@]12CC[C@H]3[C@@H](CCC4=CC(=O)CC[C@@H]43)[C@@H]1[C@H]1CC[C@H]1[C@@]2(O)/C=C\C(=O)O. The Hall–Kier alpha value is -1.42. The summed E-state index contributed by atoms with van der Waals surface area (Å²) in [6, 6.07) is 0. The van der Waals surface area contributed by atoms with E-state index in [1.54, 1.807) is 6.08 Å². The molecule has 5 aliphatic carbocycles. The van der Waals surface area contributed by atoms with Crippen LogP contribution in [0.2, 0.25) is 0 Å². The van der Waals surface area contributed by atoms with Crippen LogP contribution in [0.15, 0.2) is 23.8 Å². The van der Waals surface area contributed by atoms with E-state index in [1.165, 1.54) is 18.1 Å². The fourth-order valence-electron chi connectivity index (χ4n) is 8.12. The van der Waals surface area contributed by atoms with Crippen molar-refractivity contribution in [1.82, 2.24) is 0 Å². The minimum Gasteiger partial charge on any atom is -0.478 e. The molecule has 0 saturated heterocycles. The molecule has 4 heteroatoms. The Morgan fingerprint density at radius 1 is 1.11 bits per heavy atom. The maximum Gasteiger partial charge on any atom is 0.328 e. The third kappa shape index (κ3) is 2.25. The minimum atomic E-state index is -0.984. The molecule has 146 valence electrons. The Balaban J connectivity index is 1.50. The Bertz CT molecular complexity index is 751. The zero-order valence-corrected chi connectivity index (χ0v) is 16.1. The summed E-state index contributed by atoms with van der Waals surface area (Å²) in [6.07, 6.45) is 12.8. The molecule has 27 heavy (non-hydrogen) atoms. The van der Waals surface area contributed by atoms with Crippen LogP contribution < -0.4 is 0 Å². The van der Waals surface area contributed by atoms with Gasteiger partial charge in [0, 0.05) is 17.9 Å². The molecule has 0 bridgehead atoms. The number of fused-ring (bicyclic) bond motifs is 7. The summed E-state index contributed by atoms with van der Waals surface area (Å²) in [6.45, 7) is 2.23. The smallest absolute Gasteiger partial charge is 0.328 e. The molecule has 0 heterocycles. The van der Waals surface area contributed by atoms with Gasteiger partial charge in [-0.2, -0.15) is 0 Å². The van der Waals surface area contributed by atoms with Gasteiger partial charge in [0.2, 0.25) is 0 Å². The Kier molecular flexibility index (Phi) is 3.79. The summed E-state index contributed by atoms with van der Waals surface area (Å²) in [4.78, 5) is 23.0. The third-order valence-corrected chi connectivity index (χ3v) is 9.30. The normalized spacial score (nSPS) is 50.9. The summed E-state index contributed by atoms with van der Waals surface area (Å²) >= 11 is 0. The number of hydrogen-bond donors (Lipinski definition) is 2. The van der Waals surface area contributed by atoms with Crippen molar-refractivity contribution in [1.29, 1.82) is 0 Å². The lowest BCUT2D eigenvalue weighted by atomic mass is 9.49. The van der Waals surface area contributed by atoms with Crippen LogP contribution in [0, 0.1) is 40.9 Å². The zero-order chi connectivity index (χ0) is 19.0. The first-order chi connectivity index (χ1) is 12.8. The fraction of sp³-hybridized carbons (Fsp3) is 0.739. The van der Waals surface area contributed by atoms with E-state index in [1.807, 2.05) is 6.08 Å². The molecule has 0 unspecified atom stereocenters. The summed E-state index contributed by atoms with van der Waals surface area (Å²) < 4.78 is 0. The lowest BCUT2D eigenvalue weighted by Gasteiger charge is -2.55. The van der Waals surface area contributed by atoms with Crippen molar-refractivity contribution < 1.29 is 19.8 Å². The molecule has 0 aliphatic heterocycles. The molecule has 0 spiro atoms. The van der Waals surface area contributed by atoms with Crippen LogP contribution in [0.5, 0.6) is 0 Å². The molecule has 0 radical (unpaired) electrons. The molecular formula is C23H30O4. The highest BCUT2D eigenvalue weighted by Gasteiger charge is 2.71. The molecule has 2 N–H and O–H groups in total. The van der Waals surface area contributed by atoms with E-state index in [0.717, 1.165) is 38.5 Å². The van der Waals surface area contributed by atoms with Crippen molar-refractivity contribution >= 4 is 11.8 Å². The first kappa shape index (κ1) is 17.7. The Labute approximate surface area is 160 Å². The quantitative estimate of drug-likeness (QED) is 0.726. The van der Waals surface area contributed by atoms with Crippen LogP contribution >= 0.6 is 0 Å². The van der Waals surface area contributed by atoms with Gasteiger partial charge in [-0.15, -0.1) is 0 Å². The van der Waals surface area contributed by atoms with Gasteiger partial charge in [-0.05, 0) is 92.6 Å². The topological polar surface area (TPSA) is 74.6 Å². The number of carboxylic acid groups (broad SMARTS) is 1. The minimum absolute atomic E-state index is 0.215. The summed E-state index contributed by atoms with van der Waals surface area (Å²) in [5, 5.41) is 20.9. The van der Waals surface area contributed by atoms with E-state index in [-0.39, 0.29) is 11.3 Å². The first-order valence-corrected chi connectivity index (χ1v) is 10.7. The van der Waals surface area contributed by atoms with E-state index in [4.69, 9.17) is 5.11 Å². The van der Waals surface area contributed by atoms with Gasteiger partial charge in [-0.1, -0.05) is 12.5 Å². The van der Waals surface area contributed by atoms with Crippen LogP contribution in [-0.4, -0.2) is 27.6 Å². The predicted octanol–water partition coefficient (Wildman–Crippen LogP) is 3.75. The number of allylic oxidation sites excluding steroid dienone is 1. The molecular weight excluding hydrogens is 340 g/mol. The van der Waals surface area contributed by atoms with Crippen LogP contribution in [0.4, 0.5) is 0 Å². The summed E-state index contributed by atoms with van der Waals surface area (Å²) in [5.74, 6) is 2.37. The fourth-order valence-corrected chi connectivity index (χ4v) is 8.12. The second-order valence-corrected chi connectivity index (χ2v) is 10.0. The van der Waals surface area contributed by atoms with Gasteiger partial charge in [-0.3, -0.25) is 4.79 Å². The molecule has 5 rings (SSSR count). The van der Waals surface area contributed by atoms with Crippen molar-refractivity contribution in [3.63, 3.8) is 0 Å². The number of carbonyl (C=O) groups is 2. The van der Waals surface area contributed by atoms with Crippen molar-refractivity contribution in [3.05, 3.63) is 23.8 Å². The maximum absolute atomic E-state index is 11.9. The average Bonchev–Trinajstić information content (AvgIpc) is 2.73. The molecule has 5 aliphatic rings. The summed E-state index contributed by atoms with van der Waals surface area (Å²) in [7, 11) is 0. The lowest BCUT2D eigenvalue weighted by molar-refractivity contribution is -0.132. The van der Waals surface area contributed by atoms with Crippen molar-refractivity contribution in [2.24, 2.45) is 40.9 Å². The van der Waals surface area contributed by atoms with Crippen molar-refractivity contribution in [2.75, 3.05) is 0 Å². The standard InChI is InChI=1S/C23H30O4/c1-22-10-8-16-15-5-3-14(24)12-13(15)2-4-17(16)21(22)18-6-7-19(18)23(22,27)11-9-20(25)26/h9,11-12,15-19,21,27H,2-8,10H2,1H3,(H,25,26)/b11-9-/t15-,16+,17+,18-,19+,21+,22-,23-/m0/s1. The third-order valence-electron chi connectivity index (χ3n) is 9.30. The van der Waals surface area contributed by atoms with E-state index < -0.39 is 11.6 Å². The van der Waals surface area contributed by atoms with Gasteiger partial charge in [0.05, 0.1) is 5.60 Å². The summed E-state index contributed by atoms with van der Waals surface area (Å²) in [5.41, 5.74) is 0.181. The molecule has 4 fully saturated rings. The second kappa shape index (κ2) is 5.79. The highest BCUT2D eigenvalue weighted by molar-refractivity contribution is 5.91. The number of aliphatic hydroxyl groups is 1. The van der Waals surface area contributed by atoms with Gasteiger partial charge >= 0.3 is 5.97 Å². The van der Waals surface area contributed by atoms with Crippen molar-refractivity contribution in [3.8, 4) is 0 Å². The second-order valence-electron chi connectivity index (χ2n) is 10.0. The first-order valence-electron chi connectivity index (χ1n) is 10.7. The molecule has 8 atom stereocenters. The molecule has 0 aromatic heterocycles. The molecule has 0 amide bonds. The van der Waals surface area contributed by atoms with E-state index >= 15 is 0 Å². The monoisotopic (exact) mass is 370 g/mol. The van der Waals surface area contributed by atoms with E-state index in [9.17, 15) is 14.7 Å². The Morgan fingerprint density at radius 2 is 1.93 bits per heavy atom. The number of rotatable bonds is 2. The van der Waals surface area contributed by atoms with Crippen LogP contribution in [-0.2, 0) is 9.59 Å². The molecule has 4 saturated carbocycles. The highest BCUT2D eigenvalue weighted by atomic mass is 16.4. The number of ketones is 1. The lowest BCUT2D eigenvalue weighted by Crippen LogP contribution is -2.53. The number of hydrogen-bond acceptors (Lipinski definition) is 3. The maximum atomic E-state index is 11.9. The number of aliphatic carboxylic acids is 1. The zero-order valence-electron chi connectivity index (χ0n) is 16.1. The van der Waals surface area contributed by atoms with Crippen molar-refractivity contribution in [2.45, 2.75) is 63.9 Å². The van der Waals surface area contributed by atoms with Crippen LogP contribution in [0.1, 0.15) is 58.3 Å². The van der Waals surface area contributed by atoms with E-state index in [0.29, 0.717) is 41.8 Å². The van der Waals surface area contributed by atoms with Gasteiger partial charge in [0.15, 0.2) is 5.78 Å². The van der Waals surface area contributed by atoms with Gasteiger partial charge < -0.3 is 10.2 Å². The average molecular weight is 370 g/mol. The molecule has 0 aromatic rings. The van der Waals surface area contributed by atoms with Gasteiger partial charge in [0.1, 0.15) is 0 Å². The molecule has 4 nitrogen and oxygen atoms in total. The van der Waals surface area contributed by atoms with Gasteiger partial charge in [0.25, 0.3) is 0 Å². The predicted molar refractivity (Wildman–Crippen MR) is 101 cm³/mol. The number of carboxylic acids is 1. The van der Waals surface area contributed by atoms with Gasteiger partial charge in [-0.25, -0.2) is 4.79 Å². The van der Waals surface area contributed by atoms with Crippen LogP contribution in [0.25, 0.3) is 0 Å². The van der Waals surface area contributed by atoms with Crippen LogP contribution in [0.3, 0.4) is 0 Å². The highest BCUT2D eigenvalue weighted by Crippen LogP contribution is 2.72. The largest absolute Gasteiger partial charge is 0.478 e. The molecule has 0 aromatic carbocycles. The Morgan fingerprint density at radius 3 is 2.63 bits per heavy atom. The number of carbonyl (C=O) groups excluding carboxylic acids is 1. The van der Waals surface area contributed by atoms with E-state index in [2.05, 4.69) is 6.92 Å².